The zero-order valence-corrected chi connectivity index (χ0v) is 16.7. The number of morpholine rings is 1. The molecule has 4 rings (SSSR count). The van der Waals surface area contributed by atoms with Gasteiger partial charge in [0, 0.05) is 31.5 Å². The number of aromatic nitrogens is 2. The molecule has 3 aliphatic rings. The van der Waals surface area contributed by atoms with Crippen molar-refractivity contribution in [3.8, 4) is 0 Å². The average molecular weight is 414 g/mol. The SMILES string of the molecule is CC(C)C(=O)CN1c2nc(N3CC4CC3(C)CO4)cc(=O)n2CCC1C(F)(F)F. The number of hydrogen-bond donors (Lipinski definition) is 0. The molecule has 2 fully saturated rings. The zero-order chi connectivity index (χ0) is 21.1. The lowest BCUT2D eigenvalue weighted by atomic mass is 10.0. The van der Waals surface area contributed by atoms with Crippen LogP contribution in [0, 0.1) is 5.92 Å². The van der Waals surface area contributed by atoms with Crippen LogP contribution in [0.4, 0.5) is 24.9 Å². The van der Waals surface area contributed by atoms with Crippen LogP contribution in [0.25, 0.3) is 0 Å². The van der Waals surface area contributed by atoms with Crippen LogP contribution in [0.1, 0.15) is 33.6 Å². The number of alkyl halides is 3. The van der Waals surface area contributed by atoms with E-state index in [4.69, 9.17) is 4.74 Å². The molecule has 0 amide bonds. The number of Topliss-reactive ketones (excluding diaryl/α,β-unsaturated/α-hetero) is 1. The van der Waals surface area contributed by atoms with E-state index in [2.05, 4.69) is 4.98 Å². The highest BCUT2D eigenvalue weighted by Crippen LogP contribution is 2.41. The van der Waals surface area contributed by atoms with E-state index in [0.717, 1.165) is 11.3 Å². The summed E-state index contributed by atoms with van der Waals surface area (Å²) < 4.78 is 48.1. The Morgan fingerprint density at radius 2 is 2.14 bits per heavy atom. The van der Waals surface area contributed by atoms with Crippen LogP contribution >= 0.6 is 0 Å². The Balaban J connectivity index is 1.78. The monoisotopic (exact) mass is 414 g/mol. The van der Waals surface area contributed by atoms with Gasteiger partial charge in [-0.1, -0.05) is 13.8 Å². The molecule has 0 aromatic carbocycles. The van der Waals surface area contributed by atoms with Gasteiger partial charge in [-0.2, -0.15) is 18.2 Å². The van der Waals surface area contributed by atoms with Gasteiger partial charge in [-0.3, -0.25) is 14.2 Å². The van der Waals surface area contributed by atoms with E-state index in [-0.39, 0.29) is 36.3 Å². The standard InChI is InChI=1S/C19H25F3N4O3/c1-11(2)13(27)9-25-14(19(20,21)22)4-5-24-16(28)6-15(23-17(24)25)26-8-12-7-18(26,3)10-29-12/h6,11-12,14H,4-5,7-10H2,1-3H3. The topological polar surface area (TPSA) is 67.7 Å². The van der Waals surface area contributed by atoms with Crippen LogP contribution in [0.5, 0.6) is 0 Å². The van der Waals surface area contributed by atoms with Crippen molar-refractivity contribution in [2.45, 2.75) is 64.0 Å². The van der Waals surface area contributed by atoms with E-state index in [1.54, 1.807) is 13.8 Å². The lowest BCUT2D eigenvalue weighted by Crippen LogP contribution is -2.55. The highest BCUT2D eigenvalue weighted by atomic mass is 19.4. The van der Waals surface area contributed by atoms with Gasteiger partial charge in [-0.05, 0) is 13.3 Å². The molecule has 3 aliphatic heterocycles. The number of hydrogen-bond acceptors (Lipinski definition) is 6. The largest absolute Gasteiger partial charge is 0.408 e. The maximum absolute atomic E-state index is 13.7. The first-order valence-electron chi connectivity index (χ1n) is 9.87. The minimum absolute atomic E-state index is 0.0298. The third kappa shape index (κ3) is 3.41. The van der Waals surface area contributed by atoms with E-state index in [0.29, 0.717) is 19.0 Å². The van der Waals surface area contributed by atoms with Crippen molar-refractivity contribution in [2.24, 2.45) is 5.92 Å². The van der Waals surface area contributed by atoms with Gasteiger partial charge in [-0.25, -0.2) is 0 Å². The van der Waals surface area contributed by atoms with Gasteiger partial charge in [0.05, 0.1) is 24.8 Å². The van der Waals surface area contributed by atoms with Crippen LogP contribution in [0.3, 0.4) is 0 Å². The Hall–Kier alpha value is -2.10. The minimum Gasteiger partial charge on any atom is -0.374 e. The smallest absolute Gasteiger partial charge is 0.374 e. The molecule has 160 valence electrons. The van der Waals surface area contributed by atoms with Gasteiger partial charge in [0.1, 0.15) is 11.9 Å². The van der Waals surface area contributed by atoms with E-state index in [1.807, 2.05) is 11.8 Å². The first-order valence-corrected chi connectivity index (χ1v) is 9.87. The second kappa shape index (κ2) is 6.72. The highest BCUT2D eigenvalue weighted by Gasteiger charge is 2.51. The van der Waals surface area contributed by atoms with Gasteiger partial charge >= 0.3 is 6.18 Å². The number of nitrogens with zero attached hydrogens (tertiary/aromatic N) is 4. The Morgan fingerprint density at radius 1 is 1.41 bits per heavy atom. The summed E-state index contributed by atoms with van der Waals surface area (Å²) in [4.78, 5) is 32.5. The molecule has 0 N–H and O–H groups in total. The molecule has 0 radical (unpaired) electrons. The fourth-order valence-corrected chi connectivity index (χ4v) is 4.47. The van der Waals surface area contributed by atoms with Gasteiger partial charge in [0.15, 0.2) is 5.78 Å². The lowest BCUT2D eigenvalue weighted by molar-refractivity contribution is -0.153. The summed E-state index contributed by atoms with van der Waals surface area (Å²) in [7, 11) is 0. The summed E-state index contributed by atoms with van der Waals surface area (Å²) in [6.45, 7) is 5.80. The average Bonchev–Trinajstić information content (AvgIpc) is 3.16. The first kappa shape index (κ1) is 20.2. The Bertz CT molecular complexity index is 884. The molecule has 4 heterocycles. The summed E-state index contributed by atoms with van der Waals surface area (Å²) in [5, 5.41) is 0. The molecule has 1 aromatic heterocycles. The number of carbonyl (C=O) groups excluding carboxylic acids is 1. The maximum atomic E-state index is 13.7. The second-order valence-corrected chi connectivity index (χ2v) is 8.74. The summed E-state index contributed by atoms with van der Waals surface area (Å²) in [5.41, 5.74) is -0.737. The number of halogens is 3. The number of fused-ring (bicyclic) bond motifs is 3. The number of carbonyl (C=O) groups is 1. The normalized spacial score (nSPS) is 28.9. The summed E-state index contributed by atoms with van der Waals surface area (Å²) >= 11 is 0. The van der Waals surface area contributed by atoms with Crippen LogP contribution < -0.4 is 15.4 Å². The molecular weight excluding hydrogens is 389 g/mol. The molecule has 0 aliphatic carbocycles. The van der Waals surface area contributed by atoms with E-state index in [1.165, 1.54) is 10.6 Å². The summed E-state index contributed by atoms with van der Waals surface area (Å²) in [6.07, 6.45) is -4.00. The van der Waals surface area contributed by atoms with Crippen LogP contribution in [-0.4, -0.2) is 58.9 Å². The molecule has 0 spiro atoms. The van der Waals surface area contributed by atoms with Crippen molar-refractivity contribution < 1.29 is 22.7 Å². The highest BCUT2D eigenvalue weighted by molar-refractivity contribution is 5.85. The fraction of sp³-hybridized carbons (Fsp3) is 0.737. The minimum atomic E-state index is -4.53. The number of anilines is 2. The Morgan fingerprint density at radius 3 is 2.69 bits per heavy atom. The number of rotatable bonds is 4. The van der Waals surface area contributed by atoms with Crippen molar-refractivity contribution >= 4 is 17.5 Å². The molecular formula is C19H25F3N4O3. The van der Waals surface area contributed by atoms with E-state index in [9.17, 15) is 22.8 Å². The number of ether oxygens (including phenoxy) is 1. The van der Waals surface area contributed by atoms with Crippen molar-refractivity contribution in [3.63, 3.8) is 0 Å². The molecule has 3 unspecified atom stereocenters. The molecule has 7 nitrogen and oxygen atoms in total. The predicted octanol–water partition coefficient (Wildman–Crippen LogP) is 1.98. The molecule has 2 bridgehead atoms. The van der Waals surface area contributed by atoms with Crippen molar-refractivity contribution in [3.05, 3.63) is 16.4 Å². The van der Waals surface area contributed by atoms with Gasteiger partial charge in [0.25, 0.3) is 5.56 Å². The first-order chi connectivity index (χ1) is 13.5. The van der Waals surface area contributed by atoms with Crippen LogP contribution in [0.2, 0.25) is 0 Å². The predicted molar refractivity (Wildman–Crippen MR) is 100 cm³/mol. The third-order valence-electron chi connectivity index (χ3n) is 6.19. The molecule has 0 saturated carbocycles. The molecule has 10 heteroatoms. The molecule has 3 atom stereocenters. The van der Waals surface area contributed by atoms with Crippen molar-refractivity contribution in [1.82, 2.24) is 9.55 Å². The molecule has 1 aromatic rings. The third-order valence-corrected chi connectivity index (χ3v) is 6.19. The molecule has 2 saturated heterocycles. The van der Waals surface area contributed by atoms with Crippen molar-refractivity contribution in [2.75, 3.05) is 29.5 Å². The fourth-order valence-electron chi connectivity index (χ4n) is 4.47. The van der Waals surface area contributed by atoms with Gasteiger partial charge in [0.2, 0.25) is 5.95 Å². The Labute approximate surface area is 166 Å². The summed E-state index contributed by atoms with van der Waals surface area (Å²) in [6, 6.07) is -0.465. The summed E-state index contributed by atoms with van der Waals surface area (Å²) in [5.74, 6) is -0.478. The van der Waals surface area contributed by atoms with Gasteiger partial charge in [-0.15, -0.1) is 0 Å². The van der Waals surface area contributed by atoms with Crippen molar-refractivity contribution in [1.29, 1.82) is 0 Å². The second-order valence-electron chi connectivity index (χ2n) is 8.74. The lowest BCUT2D eigenvalue weighted by Gasteiger charge is -2.40. The van der Waals surface area contributed by atoms with Crippen LogP contribution in [0.15, 0.2) is 10.9 Å². The quantitative estimate of drug-likeness (QED) is 0.751. The van der Waals surface area contributed by atoms with Gasteiger partial charge < -0.3 is 14.5 Å². The Kier molecular flexibility index (Phi) is 4.67. The van der Waals surface area contributed by atoms with E-state index < -0.39 is 30.2 Å². The molecule has 29 heavy (non-hydrogen) atoms. The van der Waals surface area contributed by atoms with E-state index >= 15 is 0 Å². The number of ketones is 1. The zero-order valence-electron chi connectivity index (χ0n) is 16.7. The maximum Gasteiger partial charge on any atom is 0.408 e. The van der Waals surface area contributed by atoms with Crippen LogP contribution in [-0.2, 0) is 16.1 Å².